The fourth-order valence-corrected chi connectivity index (χ4v) is 4.06. The van der Waals surface area contributed by atoms with Crippen molar-refractivity contribution < 1.29 is 4.79 Å². The SMILES string of the molecule is CC(C)C(=O)N1CC2CCC1C1CNCC21. The monoisotopic (exact) mass is 222 g/mol. The fourth-order valence-electron chi connectivity index (χ4n) is 4.06. The van der Waals surface area contributed by atoms with Crippen LogP contribution in [0.5, 0.6) is 0 Å². The Morgan fingerprint density at radius 3 is 2.75 bits per heavy atom. The molecule has 3 heteroatoms. The van der Waals surface area contributed by atoms with Crippen LogP contribution >= 0.6 is 0 Å². The van der Waals surface area contributed by atoms with Gasteiger partial charge in [0.25, 0.3) is 0 Å². The number of carbonyl (C=O) groups excluding carboxylic acids is 1. The van der Waals surface area contributed by atoms with Crippen molar-refractivity contribution in [2.75, 3.05) is 19.6 Å². The van der Waals surface area contributed by atoms with Gasteiger partial charge in [-0.2, -0.15) is 0 Å². The number of carbonyl (C=O) groups is 1. The Morgan fingerprint density at radius 1 is 1.25 bits per heavy atom. The van der Waals surface area contributed by atoms with E-state index < -0.39 is 0 Å². The summed E-state index contributed by atoms with van der Waals surface area (Å²) >= 11 is 0. The van der Waals surface area contributed by atoms with E-state index in [1.165, 1.54) is 19.4 Å². The number of rotatable bonds is 1. The van der Waals surface area contributed by atoms with Gasteiger partial charge >= 0.3 is 0 Å². The zero-order valence-electron chi connectivity index (χ0n) is 10.3. The molecule has 0 aromatic heterocycles. The Hall–Kier alpha value is -0.570. The normalized spacial score (nSPS) is 41.6. The smallest absolute Gasteiger partial charge is 0.225 e. The highest BCUT2D eigenvalue weighted by Gasteiger charge is 2.50. The molecule has 16 heavy (non-hydrogen) atoms. The van der Waals surface area contributed by atoms with Crippen molar-refractivity contribution in [3.63, 3.8) is 0 Å². The topological polar surface area (TPSA) is 32.3 Å². The van der Waals surface area contributed by atoms with Gasteiger partial charge in [-0.1, -0.05) is 13.8 Å². The molecule has 0 spiro atoms. The van der Waals surface area contributed by atoms with Gasteiger partial charge in [-0.05, 0) is 37.1 Å². The van der Waals surface area contributed by atoms with Gasteiger partial charge in [0.1, 0.15) is 0 Å². The third kappa shape index (κ3) is 1.41. The Labute approximate surface area is 97.6 Å². The standard InChI is InChI=1S/C13H22N2O/c1-8(2)13(16)15-7-9-3-4-12(15)11-6-14-5-10(9)11/h8-12,14H,3-7H2,1-2H3. The van der Waals surface area contributed by atoms with Gasteiger partial charge in [0, 0.05) is 25.0 Å². The predicted octanol–water partition coefficient (Wildman–Crippen LogP) is 1.10. The van der Waals surface area contributed by atoms with Crippen LogP contribution in [0.15, 0.2) is 0 Å². The van der Waals surface area contributed by atoms with E-state index >= 15 is 0 Å². The van der Waals surface area contributed by atoms with Crippen LogP contribution in [-0.2, 0) is 4.79 Å². The number of fused-ring (bicyclic) bond motifs is 2. The van der Waals surface area contributed by atoms with Crippen LogP contribution in [0.25, 0.3) is 0 Å². The molecule has 1 aliphatic carbocycles. The highest BCUT2D eigenvalue weighted by molar-refractivity contribution is 5.78. The van der Waals surface area contributed by atoms with Crippen molar-refractivity contribution in [2.45, 2.75) is 32.7 Å². The average molecular weight is 222 g/mol. The second kappa shape index (κ2) is 3.73. The molecule has 1 saturated carbocycles. The molecule has 3 aliphatic heterocycles. The van der Waals surface area contributed by atoms with E-state index in [1.54, 1.807) is 0 Å². The molecule has 4 fully saturated rings. The largest absolute Gasteiger partial charge is 0.339 e. The summed E-state index contributed by atoms with van der Waals surface area (Å²) in [6.45, 7) is 7.40. The number of nitrogens with one attached hydrogen (secondary N) is 1. The maximum absolute atomic E-state index is 12.2. The maximum Gasteiger partial charge on any atom is 0.225 e. The van der Waals surface area contributed by atoms with Crippen LogP contribution in [0.3, 0.4) is 0 Å². The molecule has 2 bridgehead atoms. The maximum atomic E-state index is 12.2. The summed E-state index contributed by atoms with van der Waals surface area (Å²) in [6, 6.07) is 0.542. The van der Waals surface area contributed by atoms with Crippen molar-refractivity contribution in [3.8, 4) is 0 Å². The lowest BCUT2D eigenvalue weighted by Crippen LogP contribution is -2.59. The molecular formula is C13H22N2O. The van der Waals surface area contributed by atoms with Crippen LogP contribution in [0.1, 0.15) is 26.7 Å². The zero-order valence-corrected chi connectivity index (χ0v) is 10.3. The van der Waals surface area contributed by atoms with Crippen LogP contribution in [0, 0.1) is 23.7 Å². The summed E-state index contributed by atoms with van der Waals surface area (Å²) in [5.41, 5.74) is 0. The molecule has 0 aromatic rings. The number of hydrogen-bond acceptors (Lipinski definition) is 2. The Morgan fingerprint density at radius 2 is 2.00 bits per heavy atom. The molecule has 4 unspecified atom stereocenters. The summed E-state index contributed by atoms with van der Waals surface area (Å²) < 4.78 is 0. The fraction of sp³-hybridized carbons (Fsp3) is 0.923. The highest BCUT2D eigenvalue weighted by Crippen LogP contribution is 2.45. The number of nitrogens with zero attached hydrogens (tertiary/aromatic N) is 1. The minimum absolute atomic E-state index is 0.159. The summed E-state index contributed by atoms with van der Waals surface area (Å²) in [6.07, 6.45) is 2.58. The molecule has 1 amide bonds. The number of hydrogen-bond donors (Lipinski definition) is 1. The molecule has 3 saturated heterocycles. The lowest BCUT2D eigenvalue weighted by Gasteiger charge is -2.52. The van der Waals surface area contributed by atoms with E-state index in [4.69, 9.17) is 0 Å². The van der Waals surface area contributed by atoms with E-state index in [1.807, 2.05) is 13.8 Å². The first-order valence-corrected chi connectivity index (χ1v) is 6.69. The molecule has 0 radical (unpaired) electrons. The number of piperidine rings is 2. The van der Waals surface area contributed by atoms with Crippen LogP contribution in [-0.4, -0.2) is 36.5 Å². The molecule has 4 rings (SSSR count). The average Bonchev–Trinajstić information content (AvgIpc) is 2.78. The summed E-state index contributed by atoms with van der Waals surface area (Å²) in [7, 11) is 0. The van der Waals surface area contributed by atoms with Crippen LogP contribution < -0.4 is 5.32 Å². The van der Waals surface area contributed by atoms with Crippen molar-refractivity contribution in [3.05, 3.63) is 0 Å². The van der Waals surface area contributed by atoms with Gasteiger partial charge < -0.3 is 10.2 Å². The van der Waals surface area contributed by atoms with Gasteiger partial charge in [0.05, 0.1) is 0 Å². The van der Waals surface area contributed by atoms with Crippen molar-refractivity contribution in [1.29, 1.82) is 0 Å². The first-order chi connectivity index (χ1) is 7.68. The first-order valence-electron chi connectivity index (χ1n) is 6.69. The van der Waals surface area contributed by atoms with Gasteiger partial charge in [0.2, 0.25) is 5.91 Å². The minimum Gasteiger partial charge on any atom is -0.339 e. The van der Waals surface area contributed by atoms with Gasteiger partial charge in [-0.15, -0.1) is 0 Å². The van der Waals surface area contributed by atoms with E-state index in [9.17, 15) is 4.79 Å². The molecular weight excluding hydrogens is 200 g/mol. The van der Waals surface area contributed by atoms with Gasteiger partial charge in [-0.25, -0.2) is 0 Å². The molecule has 1 N–H and O–H groups in total. The van der Waals surface area contributed by atoms with E-state index in [0.29, 0.717) is 11.9 Å². The molecule has 0 aromatic carbocycles. The Bertz CT molecular complexity index is 302. The lowest BCUT2D eigenvalue weighted by molar-refractivity contribution is -0.147. The molecule has 3 heterocycles. The molecule has 4 aliphatic rings. The van der Waals surface area contributed by atoms with Gasteiger partial charge in [-0.3, -0.25) is 4.79 Å². The quantitative estimate of drug-likeness (QED) is 0.720. The summed E-state index contributed by atoms with van der Waals surface area (Å²) in [4.78, 5) is 14.4. The van der Waals surface area contributed by atoms with Crippen molar-refractivity contribution in [2.24, 2.45) is 23.7 Å². The van der Waals surface area contributed by atoms with Gasteiger partial charge in [0.15, 0.2) is 0 Å². The Balaban J connectivity index is 1.82. The second-order valence-corrected chi connectivity index (χ2v) is 6.04. The lowest BCUT2D eigenvalue weighted by atomic mass is 9.66. The van der Waals surface area contributed by atoms with Crippen LogP contribution in [0.2, 0.25) is 0 Å². The van der Waals surface area contributed by atoms with E-state index in [0.717, 1.165) is 30.8 Å². The zero-order chi connectivity index (χ0) is 11.3. The summed E-state index contributed by atoms with van der Waals surface area (Å²) in [5, 5.41) is 3.52. The Kier molecular flexibility index (Phi) is 2.46. The number of amides is 1. The van der Waals surface area contributed by atoms with E-state index in [2.05, 4.69) is 10.2 Å². The predicted molar refractivity (Wildman–Crippen MR) is 62.9 cm³/mol. The van der Waals surface area contributed by atoms with Crippen molar-refractivity contribution in [1.82, 2.24) is 10.2 Å². The molecule has 3 nitrogen and oxygen atoms in total. The highest BCUT2D eigenvalue weighted by atomic mass is 16.2. The first kappa shape index (κ1) is 10.6. The minimum atomic E-state index is 0.159. The van der Waals surface area contributed by atoms with E-state index in [-0.39, 0.29) is 5.92 Å². The molecule has 4 atom stereocenters. The van der Waals surface area contributed by atoms with Crippen LogP contribution in [0.4, 0.5) is 0 Å². The molecule has 90 valence electrons. The third-order valence-corrected chi connectivity index (χ3v) is 4.85. The second-order valence-electron chi connectivity index (χ2n) is 6.04. The van der Waals surface area contributed by atoms with Crippen molar-refractivity contribution >= 4 is 5.91 Å². The third-order valence-electron chi connectivity index (χ3n) is 4.85. The summed E-state index contributed by atoms with van der Waals surface area (Å²) in [5.74, 6) is 2.91.